The first-order valence-corrected chi connectivity index (χ1v) is 5.31. The SMILES string of the molecule is Cc1nsc(NCCCC(N)=O)c1C#N. The summed E-state index contributed by atoms with van der Waals surface area (Å²) < 4.78 is 4.07. The van der Waals surface area contributed by atoms with Gasteiger partial charge in [-0.3, -0.25) is 4.79 Å². The van der Waals surface area contributed by atoms with Gasteiger partial charge in [-0.15, -0.1) is 0 Å². The molecule has 1 amide bonds. The lowest BCUT2D eigenvalue weighted by molar-refractivity contribution is -0.118. The molecule has 0 aliphatic carbocycles. The van der Waals surface area contributed by atoms with Crippen LogP contribution in [0.5, 0.6) is 0 Å². The first kappa shape index (κ1) is 11.5. The van der Waals surface area contributed by atoms with E-state index < -0.39 is 0 Å². The van der Waals surface area contributed by atoms with Gasteiger partial charge in [0.1, 0.15) is 16.6 Å². The number of nitriles is 1. The second kappa shape index (κ2) is 5.32. The van der Waals surface area contributed by atoms with Gasteiger partial charge in [-0.05, 0) is 24.9 Å². The standard InChI is InChI=1S/C9H12N4OS/c1-6-7(5-10)9(15-13-6)12-4-2-3-8(11)14/h12H,2-4H2,1H3,(H2,11,14). The Morgan fingerprint density at radius 2 is 2.47 bits per heavy atom. The molecule has 0 atom stereocenters. The number of rotatable bonds is 5. The number of hydrogen-bond acceptors (Lipinski definition) is 5. The number of nitrogens with one attached hydrogen (secondary N) is 1. The monoisotopic (exact) mass is 224 g/mol. The summed E-state index contributed by atoms with van der Waals surface area (Å²) >= 11 is 1.26. The second-order valence-electron chi connectivity index (χ2n) is 3.08. The maximum Gasteiger partial charge on any atom is 0.217 e. The molecule has 0 spiro atoms. The molecule has 0 aromatic carbocycles. The van der Waals surface area contributed by atoms with Gasteiger partial charge in [-0.25, -0.2) is 0 Å². The van der Waals surface area contributed by atoms with Crippen LogP contribution in [-0.4, -0.2) is 16.8 Å². The molecular weight excluding hydrogens is 212 g/mol. The molecule has 0 radical (unpaired) electrons. The van der Waals surface area contributed by atoms with Crippen LogP contribution in [0.3, 0.4) is 0 Å². The number of primary amides is 1. The molecule has 3 N–H and O–H groups in total. The number of anilines is 1. The number of nitrogens with two attached hydrogens (primary N) is 1. The summed E-state index contributed by atoms with van der Waals surface area (Å²) in [7, 11) is 0. The third-order valence-electron chi connectivity index (χ3n) is 1.86. The van der Waals surface area contributed by atoms with Gasteiger partial charge in [-0.2, -0.15) is 9.64 Å². The maximum absolute atomic E-state index is 10.5. The molecule has 0 saturated carbocycles. The van der Waals surface area contributed by atoms with Crippen molar-refractivity contribution < 1.29 is 4.79 Å². The van der Waals surface area contributed by atoms with Crippen molar-refractivity contribution in [2.75, 3.05) is 11.9 Å². The van der Waals surface area contributed by atoms with Crippen LogP contribution in [0.2, 0.25) is 0 Å². The van der Waals surface area contributed by atoms with E-state index in [2.05, 4.69) is 15.8 Å². The van der Waals surface area contributed by atoms with E-state index in [4.69, 9.17) is 11.0 Å². The molecule has 0 fully saturated rings. The zero-order valence-corrected chi connectivity index (χ0v) is 9.23. The van der Waals surface area contributed by atoms with E-state index >= 15 is 0 Å². The minimum atomic E-state index is -0.308. The highest BCUT2D eigenvalue weighted by atomic mass is 32.1. The highest BCUT2D eigenvalue weighted by Gasteiger charge is 2.08. The number of amides is 1. The summed E-state index contributed by atoms with van der Waals surface area (Å²) in [5.74, 6) is -0.308. The first-order chi connectivity index (χ1) is 7.15. The minimum absolute atomic E-state index is 0.308. The molecule has 0 aliphatic heterocycles. The molecule has 5 nitrogen and oxygen atoms in total. The van der Waals surface area contributed by atoms with Crippen LogP contribution in [0.15, 0.2) is 0 Å². The molecule has 0 bridgehead atoms. The molecule has 0 unspecified atom stereocenters. The van der Waals surface area contributed by atoms with Crippen LogP contribution in [0.4, 0.5) is 5.00 Å². The van der Waals surface area contributed by atoms with E-state index in [1.54, 1.807) is 6.92 Å². The summed E-state index contributed by atoms with van der Waals surface area (Å²) in [5, 5.41) is 12.7. The first-order valence-electron chi connectivity index (χ1n) is 4.53. The fourth-order valence-corrected chi connectivity index (χ4v) is 1.86. The van der Waals surface area contributed by atoms with E-state index in [-0.39, 0.29) is 5.91 Å². The van der Waals surface area contributed by atoms with Crippen LogP contribution < -0.4 is 11.1 Å². The Morgan fingerprint density at radius 3 is 3.07 bits per heavy atom. The van der Waals surface area contributed by atoms with Crippen LogP contribution in [-0.2, 0) is 4.79 Å². The molecular formula is C9H12N4OS. The molecule has 0 aliphatic rings. The van der Waals surface area contributed by atoms with Crippen molar-refractivity contribution in [1.29, 1.82) is 5.26 Å². The Labute approximate surface area is 92.1 Å². The third-order valence-corrected chi connectivity index (χ3v) is 2.76. The van der Waals surface area contributed by atoms with Gasteiger partial charge in [0.15, 0.2) is 0 Å². The highest BCUT2D eigenvalue weighted by Crippen LogP contribution is 2.23. The summed E-state index contributed by atoms with van der Waals surface area (Å²) in [5.41, 5.74) is 6.32. The van der Waals surface area contributed by atoms with E-state index in [0.29, 0.717) is 24.9 Å². The normalized spacial score (nSPS) is 9.60. The molecule has 1 aromatic heterocycles. The molecule has 80 valence electrons. The highest BCUT2D eigenvalue weighted by molar-refractivity contribution is 7.10. The quantitative estimate of drug-likeness (QED) is 0.730. The van der Waals surface area contributed by atoms with Crippen LogP contribution in [0.1, 0.15) is 24.1 Å². The van der Waals surface area contributed by atoms with Gasteiger partial charge in [0.2, 0.25) is 5.91 Å². The predicted octanol–water partition coefficient (Wildman–Crippen LogP) is 1.00. The van der Waals surface area contributed by atoms with Crippen LogP contribution in [0, 0.1) is 18.3 Å². The summed E-state index contributed by atoms with van der Waals surface area (Å²) in [6, 6.07) is 2.09. The van der Waals surface area contributed by atoms with Crippen LogP contribution >= 0.6 is 11.5 Å². The Kier molecular flexibility index (Phi) is 4.06. The average molecular weight is 224 g/mol. The summed E-state index contributed by atoms with van der Waals surface area (Å²) in [6.07, 6.45) is 1.02. The zero-order chi connectivity index (χ0) is 11.3. The molecule has 15 heavy (non-hydrogen) atoms. The fourth-order valence-electron chi connectivity index (χ4n) is 1.09. The van der Waals surface area contributed by atoms with E-state index in [0.717, 1.165) is 10.7 Å². The summed E-state index contributed by atoms with van der Waals surface area (Å²) in [4.78, 5) is 10.5. The maximum atomic E-state index is 10.5. The van der Waals surface area contributed by atoms with Gasteiger partial charge in [0, 0.05) is 13.0 Å². The minimum Gasteiger partial charge on any atom is -0.375 e. The largest absolute Gasteiger partial charge is 0.375 e. The average Bonchev–Trinajstić information content (AvgIpc) is 2.53. The van der Waals surface area contributed by atoms with Crippen LogP contribution in [0.25, 0.3) is 0 Å². The second-order valence-corrected chi connectivity index (χ2v) is 3.85. The Bertz CT molecular complexity index is 393. The number of aryl methyl sites for hydroxylation is 1. The van der Waals surface area contributed by atoms with Crippen molar-refractivity contribution in [3.05, 3.63) is 11.3 Å². The number of hydrogen-bond donors (Lipinski definition) is 2. The Hall–Kier alpha value is -1.61. The van der Waals surface area contributed by atoms with Gasteiger partial charge >= 0.3 is 0 Å². The van der Waals surface area contributed by atoms with E-state index in [9.17, 15) is 4.79 Å². The molecule has 1 rings (SSSR count). The van der Waals surface area contributed by atoms with Gasteiger partial charge in [0.05, 0.1) is 5.69 Å². The topological polar surface area (TPSA) is 91.8 Å². The smallest absolute Gasteiger partial charge is 0.217 e. The lowest BCUT2D eigenvalue weighted by atomic mass is 10.2. The number of aromatic nitrogens is 1. The molecule has 1 aromatic rings. The number of nitrogens with zero attached hydrogens (tertiary/aromatic N) is 2. The number of carbonyl (C=O) groups excluding carboxylic acids is 1. The van der Waals surface area contributed by atoms with Crippen molar-refractivity contribution in [3.8, 4) is 6.07 Å². The van der Waals surface area contributed by atoms with Crippen molar-refractivity contribution in [1.82, 2.24) is 4.37 Å². The molecule has 6 heteroatoms. The van der Waals surface area contributed by atoms with E-state index in [1.165, 1.54) is 11.5 Å². The van der Waals surface area contributed by atoms with Gasteiger partial charge < -0.3 is 11.1 Å². The van der Waals surface area contributed by atoms with Crippen molar-refractivity contribution >= 4 is 22.4 Å². The Morgan fingerprint density at radius 1 is 1.73 bits per heavy atom. The Balaban J connectivity index is 2.45. The van der Waals surface area contributed by atoms with Gasteiger partial charge in [-0.1, -0.05) is 0 Å². The van der Waals surface area contributed by atoms with Crippen molar-refractivity contribution in [2.24, 2.45) is 5.73 Å². The van der Waals surface area contributed by atoms with Crippen molar-refractivity contribution in [3.63, 3.8) is 0 Å². The lowest BCUT2D eigenvalue weighted by Crippen LogP contribution is -2.12. The van der Waals surface area contributed by atoms with Crippen molar-refractivity contribution in [2.45, 2.75) is 19.8 Å². The fraction of sp³-hybridized carbons (Fsp3) is 0.444. The number of carbonyl (C=O) groups is 1. The summed E-state index contributed by atoms with van der Waals surface area (Å²) in [6.45, 7) is 2.42. The molecule has 0 saturated heterocycles. The zero-order valence-electron chi connectivity index (χ0n) is 8.41. The predicted molar refractivity (Wildman–Crippen MR) is 58.5 cm³/mol. The third kappa shape index (κ3) is 3.22. The van der Waals surface area contributed by atoms with E-state index in [1.807, 2.05) is 0 Å². The lowest BCUT2D eigenvalue weighted by Gasteiger charge is -2.01. The van der Waals surface area contributed by atoms with Gasteiger partial charge in [0.25, 0.3) is 0 Å². The molecule has 1 heterocycles.